The summed E-state index contributed by atoms with van der Waals surface area (Å²) in [6, 6.07) is 0. The van der Waals surface area contributed by atoms with Crippen LogP contribution in [0.25, 0.3) is 0 Å². The predicted octanol–water partition coefficient (Wildman–Crippen LogP) is 4.26. The van der Waals surface area contributed by atoms with Crippen LogP contribution in [0.3, 0.4) is 0 Å². The molecule has 2 rings (SSSR count). The maximum absolute atomic E-state index is 11.7. The Morgan fingerprint density at radius 3 is 2.69 bits per heavy atom. The molecule has 0 unspecified atom stereocenters. The Morgan fingerprint density at radius 1 is 1.54 bits per heavy atom. The highest BCUT2D eigenvalue weighted by atomic mass is 79.9. The molecular weight excluding hydrogens is 316 g/mol. The van der Waals surface area contributed by atoms with Gasteiger partial charge in [-0.2, -0.15) is 0 Å². The molecule has 0 aliphatic heterocycles. The SMILES string of the molecule is O=C(CC1CC1)c1scc(Br)c1Br. The van der Waals surface area contributed by atoms with E-state index < -0.39 is 0 Å². The van der Waals surface area contributed by atoms with E-state index >= 15 is 0 Å². The van der Waals surface area contributed by atoms with Crippen molar-refractivity contribution in [3.8, 4) is 0 Å². The normalized spacial score (nSPS) is 16.2. The molecule has 1 saturated carbocycles. The molecule has 4 heteroatoms. The second kappa shape index (κ2) is 3.83. The number of carbonyl (C=O) groups is 1. The molecule has 0 bridgehead atoms. The average molecular weight is 324 g/mol. The van der Waals surface area contributed by atoms with Crippen molar-refractivity contribution in [2.24, 2.45) is 5.92 Å². The summed E-state index contributed by atoms with van der Waals surface area (Å²) < 4.78 is 1.90. The number of Topliss-reactive ketones (excluding diaryl/α,β-unsaturated/α-hetero) is 1. The molecule has 1 aliphatic carbocycles. The van der Waals surface area contributed by atoms with Crippen LogP contribution in [-0.4, -0.2) is 5.78 Å². The summed E-state index contributed by atoms with van der Waals surface area (Å²) in [5.74, 6) is 0.949. The van der Waals surface area contributed by atoms with E-state index in [1.165, 1.54) is 24.2 Å². The summed E-state index contributed by atoms with van der Waals surface area (Å²) in [5, 5.41) is 1.95. The monoisotopic (exact) mass is 322 g/mol. The molecule has 0 atom stereocenters. The standard InChI is InChI=1S/C9H8Br2OS/c10-6-4-13-9(8(6)11)7(12)3-5-1-2-5/h4-5H,1-3H2. The Bertz CT molecular complexity index is 341. The number of halogens is 2. The van der Waals surface area contributed by atoms with Gasteiger partial charge in [0.1, 0.15) is 0 Å². The van der Waals surface area contributed by atoms with Crippen LogP contribution in [0.2, 0.25) is 0 Å². The highest BCUT2D eigenvalue weighted by Crippen LogP contribution is 2.38. The summed E-state index contributed by atoms with van der Waals surface area (Å²) in [7, 11) is 0. The van der Waals surface area contributed by atoms with Gasteiger partial charge in [0.25, 0.3) is 0 Å². The van der Waals surface area contributed by atoms with E-state index in [0.717, 1.165) is 20.2 Å². The zero-order valence-corrected chi connectivity index (χ0v) is 10.8. The van der Waals surface area contributed by atoms with Gasteiger partial charge in [-0.3, -0.25) is 4.79 Å². The van der Waals surface area contributed by atoms with Gasteiger partial charge in [0.15, 0.2) is 5.78 Å². The quantitative estimate of drug-likeness (QED) is 0.760. The number of hydrogen-bond acceptors (Lipinski definition) is 2. The lowest BCUT2D eigenvalue weighted by Gasteiger charge is -1.96. The Hall–Kier alpha value is 0.330. The van der Waals surface area contributed by atoms with E-state index in [1.54, 1.807) is 0 Å². The minimum atomic E-state index is 0.282. The summed E-state index contributed by atoms with van der Waals surface area (Å²) in [5.41, 5.74) is 0. The predicted molar refractivity (Wildman–Crippen MR) is 61.4 cm³/mol. The number of thiophene rings is 1. The van der Waals surface area contributed by atoms with Crippen LogP contribution in [-0.2, 0) is 0 Å². The molecule has 0 spiro atoms. The highest BCUT2D eigenvalue weighted by Gasteiger charge is 2.26. The molecule has 0 saturated heterocycles. The van der Waals surface area contributed by atoms with Crippen LogP contribution in [0.1, 0.15) is 28.9 Å². The van der Waals surface area contributed by atoms with E-state index in [0.29, 0.717) is 5.92 Å². The van der Waals surface area contributed by atoms with Crippen LogP contribution in [0.5, 0.6) is 0 Å². The van der Waals surface area contributed by atoms with Gasteiger partial charge in [-0.25, -0.2) is 0 Å². The molecule has 0 radical (unpaired) electrons. The second-order valence-electron chi connectivity index (χ2n) is 3.30. The first-order valence-electron chi connectivity index (χ1n) is 4.14. The van der Waals surface area contributed by atoms with Crippen LogP contribution in [0.15, 0.2) is 14.3 Å². The van der Waals surface area contributed by atoms with Crippen LogP contribution >= 0.6 is 43.2 Å². The van der Waals surface area contributed by atoms with Gasteiger partial charge in [0, 0.05) is 16.3 Å². The van der Waals surface area contributed by atoms with Gasteiger partial charge in [-0.15, -0.1) is 11.3 Å². The maximum atomic E-state index is 11.7. The molecule has 0 aromatic carbocycles. The van der Waals surface area contributed by atoms with Gasteiger partial charge >= 0.3 is 0 Å². The second-order valence-corrected chi connectivity index (χ2v) is 5.82. The largest absolute Gasteiger partial charge is 0.293 e. The lowest BCUT2D eigenvalue weighted by molar-refractivity contribution is 0.0979. The molecule has 1 aromatic heterocycles. The van der Waals surface area contributed by atoms with Crippen LogP contribution in [0, 0.1) is 5.92 Å². The number of ketones is 1. The van der Waals surface area contributed by atoms with Crippen LogP contribution < -0.4 is 0 Å². The molecule has 70 valence electrons. The van der Waals surface area contributed by atoms with E-state index in [4.69, 9.17) is 0 Å². The molecule has 1 fully saturated rings. The topological polar surface area (TPSA) is 17.1 Å². The smallest absolute Gasteiger partial charge is 0.174 e. The molecule has 1 aliphatic rings. The number of rotatable bonds is 3. The maximum Gasteiger partial charge on any atom is 0.174 e. The molecule has 0 N–H and O–H groups in total. The minimum absolute atomic E-state index is 0.282. The molecule has 1 nitrogen and oxygen atoms in total. The van der Waals surface area contributed by atoms with Gasteiger partial charge in [0.05, 0.1) is 9.35 Å². The highest BCUT2D eigenvalue weighted by molar-refractivity contribution is 9.13. The fraction of sp³-hybridized carbons (Fsp3) is 0.444. The van der Waals surface area contributed by atoms with E-state index in [2.05, 4.69) is 31.9 Å². The zero-order valence-electron chi connectivity index (χ0n) is 6.85. The van der Waals surface area contributed by atoms with Gasteiger partial charge in [0.2, 0.25) is 0 Å². The third-order valence-corrected chi connectivity index (χ3v) is 5.68. The summed E-state index contributed by atoms with van der Waals surface area (Å²) in [4.78, 5) is 12.5. The Kier molecular flexibility index (Phi) is 2.91. The molecule has 13 heavy (non-hydrogen) atoms. The fourth-order valence-corrected chi connectivity index (χ4v) is 3.33. The van der Waals surface area contributed by atoms with Crippen molar-refractivity contribution >= 4 is 49.0 Å². The van der Waals surface area contributed by atoms with Gasteiger partial charge in [-0.1, -0.05) is 0 Å². The van der Waals surface area contributed by atoms with Crippen molar-refractivity contribution in [1.29, 1.82) is 0 Å². The first-order valence-corrected chi connectivity index (χ1v) is 6.60. The zero-order chi connectivity index (χ0) is 9.42. The number of hydrogen-bond donors (Lipinski definition) is 0. The first-order chi connectivity index (χ1) is 6.18. The third kappa shape index (κ3) is 2.22. The van der Waals surface area contributed by atoms with Crippen molar-refractivity contribution in [1.82, 2.24) is 0 Å². The molecule has 0 amide bonds. The Balaban J connectivity index is 2.14. The average Bonchev–Trinajstić information content (AvgIpc) is 2.82. The minimum Gasteiger partial charge on any atom is -0.293 e. The first kappa shape index (κ1) is 9.87. The lowest BCUT2D eigenvalue weighted by Crippen LogP contribution is -1.97. The molecule has 1 aromatic rings. The van der Waals surface area contributed by atoms with E-state index in [1.807, 2.05) is 5.38 Å². The lowest BCUT2D eigenvalue weighted by atomic mass is 10.2. The van der Waals surface area contributed by atoms with Crippen molar-refractivity contribution in [2.75, 3.05) is 0 Å². The number of carbonyl (C=O) groups excluding carboxylic acids is 1. The van der Waals surface area contributed by atoms with Crippen molar-refractivity contribution in [2.45, 2.75) is 19.3 Å². The summed E-state index contributed by atoms with van der Waals surface area (Å²) in [6.07, 6.45) is 3.19. The Morgan fingerprint density at radius 2 is 2.23 bits per heavy atom. The van der Waals surface area contributed by atoms with E-state index in [9.17, 15) is 4.79 Å². The van der Waals surface area contributed by atoms with Crippen LogP contribution in [0.4, 0.5) is 0 Å². The van der Waals surface area contributed by atoms with Crippen molar-refractivity contribution < 1.29 is 4.79 Å². The Labute approximate surface area is 97.8 Å². The molecule has 1 heterocycles. The summed E-state index contributed by atoms with van der Waals surface area (Å²) in [6.45, 7) is 0. The van der Waals surface area contributed by atoms with Gasteiger partial charge in [-0.05, 0) is 50.6 Å². The third-order valence-electron chi connectivity index (χ3n) is 2.11. The molecular formula is C9H8Br2OS. The fourth-order valence-electron chi connectivity index (χ4n) is 1.19. The van der Waals surface area contributed by atoms with Crippen molar-refractivity contribution in [3.05, 3.63) is 19.2 Å². The van der Waals surface area contributed by atoms with E-state index in [-0.39, 0.29) is 5.78 Å². The van der Waals surface area contributed by atoms with Crippen molar-refractivity contribution in [3.63, 3.8) is 0 Å². The van der Waals surface area contributed by atoms with Gasteiger partial charge < -0.3 is 0 Å². The summed E-state index contributed by atoms with van der Waals surface area (Å²) >= 11 is 8.29.